The van der Waals surface area contributed by atoms with Crippen LogP contribution < -0.4 is 0 Å². The lowest BCUT2D eigenvalue weighted by Crippen LogP contribution is -2.30. The standard InChI is InChI=1S/C7H15ClO/c1-5-7(4,9-8)6(2)3/h6H,5H2,1-4H3. The van der Waals surface area contributed by atoms with Gasteiger partial charge in [-0.1, -0.05) is 20.8 Å². The van der Waals surface area contributed by atoms with Gasteiger partial charge in [0.05, 0.1) is 17.5 Å². The summed E-state index contributed by atoms with van der Waals surface area (Å²) in [5.41, 5.74) is -0.151. The third-order valence-electron chi connectivity index (χ3n) is 2.10. The van der Waals surface area contributed by atoms with Gasteiger partial charge in [0.25, 0.3) is 0 Å². The normalized spacial score (nSPS) is 18.0. The van der Waals surface area contributed by atoms with Crippen LogP contribution in [0, 0.1) is 5.92 Å². The molecule has 0 saturated carbocycles. The van der Waals surface area contributed by atoms with Crippen LogP contribution in [-0.4, -0.2) is 5.60 Å². The first-order chi connectivity index (χ1) is 4.06. The van der Waals surface area contributed by atoms with Gasteiger partial charge < -0.3 is 0 Å². The van der Waals surface area contributed by atoms with Crippen molar-refractivity contribution in [3.63, 3.8) is 0 Å². The SMILES string of the molecule is CCC(C)(OCl)C(C)C. The van der Waals surface area contributed by atoms with E-state index in [0.29, 0.717) is 5.92 Å². The minimum atomic E-state index is -0.151. The molecule has 1 atom stereocenters. The summed E-state index contributed by atoms with van der Waals surface area (Å²) in [4.78, 5) is 0. The minimum Gasteiger partial charge on any atom is -0.273 e. The van der Waals surface area contributed by atoms with Crippen molar-refractivity contribution in [2.24, 2.45) is 5.92 Å². The molecule has 9 heavy (non-hydrogen) atoms. The Morgan fingerprint density at radius 2 is 2.00 bits per heavy atom. The molecule has 0 saturated heterocycles. The van der Waals surface area contributed by atoms with Crippen LogP contribution in [0.5, 0.6) is 0 Å². The molecule has 0 spiro atoms. The summed E-state index contributed by atoms with van der Waals surface area (Å²) in [6.07, 6.45) is 0.953. The van der Waals surface area contributed by atoms with Gasteiger partial charge in [0.15, 0.2) is 0 Å². The van der Waals surface area contributed by atoms with Crippen molar-refractivity contribution in [2.45, 2.75) is 39.7 Å². The first kappa shape index (κ1) is 9.25. The van der Waals surface area contributed by atoms with Crippen molar-refractivity contribution in [3.05, 3.63) is 0 Å². The van der Waals surface area contributed by atoms with Crippen molar-refractivity contribution in [1.82, 2.24) is 0 Å². The molecule has 2 heteroatoms. The molecule has 0 aromatic carbocycles. The van der Waals surface area contributed by atoms with Gasteiger partial charge in [-0.15, -0.1) is 0 Å². The summed E-state index contributed by atoms with van der Waals surface area (Å²) in [5, 5.41) is 0. The van der Waals surface area contributed by atoms with E-state index in [1.165, 1.54) is 0 Å². The van der Waals surface area contributed by atoms with Gasteiger partial charge >= 0.3 is 0 Å². The Bertz CT molecular complexity index is 77.0. The van der Waals surface area contributed by atoms with E-state index in [-0.39, 0.29) is 5.60 Å². The fourth-order valence-corrected chi connectivity index (χ4v) is 0.839. The molecule has 1 unspecified atom stereocenters. The maximum Gasteiger partial charge on any atom is 0.0889 e. The maximum atomic E-state index is 5.30. The van der Waals surface area contributed by atoms with Gasteiger partial charge in [0.2, 0.25) is 0 Å². The Kier molecular flexibility index (Phi) is 3.52. The molecule has 0 radical (unpaired) electrons. The first-order valence-corrected chi connectivity index (χ1v) is 3.67. The molecule has 1 nitrogen and oxygen atoms in total. The van der Waals surface area contributed by atoms with Gasteiger partial charge in [-0.3, -0.25) is 4.29 Å². The topological polar surface area (TPSA) is 9.23 Å². The van der Waals surface area contributed by atoms with Gasteiger partial charge in [-0.25, -0.2) is 0 Å². The van der Waals surface area contributed by atoms with Crippen molar-refractivity contribution in [1.29, 1.82) is 0 Å². The molecule has 0 heterocycles. The molecule has 0 rings (SSSR count). The van der Waals surface area contributed by atoms with Crippen LogP contribution in [0.15, 0.2) is 0 Å². The fraction of sp³-hybridized carbons (Fsp3) is 1.00. The zero-order chi connectivity index (χ0) is 7.49. The van der Waals surface area contributed by atoms with Gasteiger partial charge in [0.1, 0.15) is 0 Å². The number of halogens is 1. The summed E-state index contributed by atoms with van der Waals surface area (Å²) in [6.45, 7) is 8.30. The van der Waals surface area contributed by atoms with E-state index in [9.17, 15) is 0 Å². The lowest BCUT2D eigenvalue weighted by atomic mass is 9.90. The first-order valence-electron chi connectivity index (χ1n) is 3.36. The molecule has 0 fully saturated rings. The van der Waals surface area contributed by atoms with Crippen LogP contribution >= 0.6 is 11.9 Å². The smallest absolute Gasteiger partial charge is 0.0889 e. The molecule has 56 valence electrons. The van der Waals surface area contributed by atoms with Crippen LogP contribution in [0.3, 0.4) is 0 Å². The summed E-state index contributed by atoms with van der Waals surface area (Å²) in [6, 6.07) is 0. The van der Waals surface area contributed by atoms with Crippen molar-refractivity contribution >= 4 is 11.9 Å². The maximum absolute atomic E-state index is 5.30. The Morgan fingerprint density at radius 1 is 1.56 bits per heavy atom. The average Bonchev–Trinajstić information content (AvgIpc) is 1.86. The van der Waals surface area contributed by atoms with Crippen LogP contribution in [0.25, 0.3) is 0 Å². The fourth-order valence-electron chi connectivity index (χ4n) is 0.552. The summed E-state index contributed by atoms with van der Waals surface area (Å²) in [7, 11) is 0. The Balaban J connectivity index is 3.92. The number of rotatable bonds is 3. The van der Waals surface area contributed by atoms with Crippen molar-refractivity contribution < 1.29 is 4.29 Å². The van der Waals surface area contributed by atoms with Gasteiger partial charge in [-0.05, 0) is 19.3 Å². The summed E-state index contributed by atoms with van der Waals surface area (Å²) >= 11 is 5.30. The van der Waals surface area contributed by atoms with E-state index in [1.807, 2.05) is 6.92 Å². The molecule has 0 bridgehead atoms. The Morgan fingerprint density at radius 3 is 2.00 bits per heavy atom. The predicted molar refractivity (Wildman–Crippen MR) is 40.5 cm³/mol. The van der Waals surface area contributed by atoms with Crippen LogP contribution in [-0.2, 0) is 4.29 Å². The highest BCUT2D eigenvalue weighted by atomic mass is 35.5. The lowest BCUT2D eigenvalue weighted by Gasteiger charge is -2.28. The summed E-state index contributed by atoms with van der Waals surface area (Å²) < 4.78 is 4.82. The average molecular weight is 151 g/mol. The molecule has 0 aliphatic heterocycles. The Hall–Kier alpha value is 0.250. The lowest BCUT2D eigenvalue weighted by molar-refractivity contribution is 0.0474. The van der Waals surface area contributed by atoms with Gasteiger partial charge in [-0.2, -0.15) is 0 Å². The zero-order valence-electron chi connectivity index (χ0n) is 6.57. The van der Waals surface area contributed by atoms with Crippen LogP contribution in [0.1, 0.15) is 34.1 Å². The third-order valence-corrected chi connectivity index (χ3v) is 2.45. The van der Waals surface area contributed by atoms with E-state index in [2.05, 4.69) is 20.8 Å². The second kappa shape index (κ2) is 3.43. The molecule has 0 amide bonds. The zero-order valence-corrected chi connectivity index (χ0v) is 7.33. The second-order valence-electron chi connectivity index (χ2n) is 2.90. The van der Waals surface area contributed by atoms with E-state index in [1.54, 1.807) is 0 Å². The van der Waals surface area contributed by atoms with E-state index in [0.717, 1.165) is 6.42 Å². The van der Waals surface area contributed by atoms with Crippen LogP contribution in [0.4, 0.5) is 0 Å². The second-order valence-corrected chi connectivity index (χ2v) is 3.05. The monoisotopic (exact) mass is 150 g/mol. The Labute approximate surface area is 62.5 Å². The van der Waals surface area contributed by atoms with Crippen molar-refractivity contribution in [2.75, 3.05) is 0 Å². The number of hydrogen-bond acceptors (Lipinski definition) is 1. The highest BCUT2D eigenvalue weighted by Crippen LogP contribution is 2.25. The minimum absolute atomic E-state index is 0.151. The quantitative estimate of drug-likeness (QED) is 0.601. The molecule has 0 N–H and O–H groups in total. The molecule has 0 aliphatic carbocycles. The summed E-state index contributed by atoms with van der Waals surface area (Å²) in [5.74, 6) is 0.472. The van der Waals surface area contributed by atoms with E-state index >= 15 is 0 Å². The van der Waals surface area contributed by atoms with E-state index in [4.69, 9.17) is 16.2 Å². The molecule has 0 aliphatic rings. The molecular formula is C7H15ClO. The van der Waals surface area contributed by atoms with Gasteiger partial charge in [0, 0.05) is 0 Å². The van der Waals surface area contributed by atoms with E-state index < -0.39 is 0 Å². The van der Waals surface area contributed by atoms with Crippen molar-refractivity contribution in [3.8, 4) is 0 Å². The molecule has 0 aromatic rings. The highest BCUT2D eigenvalue weighted by Gasteiger charge is 2.26. The molecular weight excluding hydrogens is 136 g/mol. The van der Waals surface area contributed by atoms with Crippen LogP contribution in [0.2, 0.25) is 0 Å². The molecule has 0 aromatic heterocycles. The largest absolute Gasteiger partial charge is 0.273 e. The highest BCUT2D eigenvalue weighted by molar-refractivity contribution is 6.07. The predicted octanol–water partition coefficient (Wildman–Crippen LogP) is 2.98. The third kappa shape index (κ3) is 2.15. The number of hydrogen-bond donors (Lipinski definition) is 0.